The number of rotatable bonds is 3. The summed E-state index contributed by atoms with van der Waals surface area (Å²) in [5.74, 6) is -0.658. The largest absolute Gasteiger partial charge is 0.435 e. The van der Waals surface area contributed by atoms with Gasteiger partial charge in [0.15, 0.2) is 5.69 Å². The van der Waals surface area contributed by atoms with Gasteiger partial charge in [0.2, 0.25) is 0 Å². The second kappa shape index (κ2) is 7.89. The topological polar surface area (TPSA) is 68.8 Å². The van der Waals surface area contributed by atoms with Crippen molar-refractivity contribution in [2.75, 3.05) is 7.05 Å². The summed E-state index contributed by atoms with van der Waals surface area (Å²) >= 11 is 0. The Hall–Kier alpha value is -3.38. The highest BCUT2D eigenvalue weighted by atomic mass is 19.4. The molecule has 13 heteroatoms. The zero-order chi connectivity index (χ0) is 24.1. The van der Waals surface area contributed by atoms with Crippen molar-refractivity contribution in [3.05, 3.63) is 58.9 Å². The van der Waals surface area contributed by atoms with Crippen LogP contribution in [0.2, 0.25) is 0 Å². The summed E-state index contributed by atoms with van der Waals surface area (Å²) in [4.78, 5) is 17.6. The molecule has 1 unspecified atom stereocenters. The maximum Gasteiger partial charge on any atom is 0.435 e. The van der Waals surface area contributed by atoms with Crippen molar-refractivity contribution in [2.45, 2.75) is 37.7 Å². The van der Waals surface area contributed by atoms with Crippen molar-refractivity contribution in [2.24, 2.45) is 7.05 Å². The van der Waals surface area contributed by atoms with Gasteiger partial charge in [-0.2, -0.15) is 36.5 Å². The molecular weight excluding hydrogens is 454 g/mol. The zero-order valence-corrected chi connectivity index (χ0v) is 17.4. The van der Waals surface area contributed by atoms with Crippen molar-refractivity contribution in [3.63, 3.8) is 0 Å². The first-order valence-electron chi connectivity index (χ1n) is 9.86. The summed E-state index contributed by atoms with van der Waals surface area (Å²) in [5.41, 5.74) is -1.07. The molecule has 0 N–H and O–H groups in total. The molecule has 176 valence electrons. The fourth-order valence-electron chi connectivity index (χ4n) is 3.89. The lowest BCUT2D eigenvalue weighted by Crippen LogP contribution is -2.34. The van der Waals surface area contributed by atoms with E-state index in [2.05, 4.69) is 15.2 Å². The van der Waals surface area contributed by atoms with E-state index in [1.165, 1.54) is 29.7 Å². The Morgan fingerprint density at radius 3 is 2.42 bits per heavy atom. The molecule has 7 nitrogen and oxygen atoms in total. The Morgan fingerprint density at radius 1 is 1.09 bits per heavy atom. The number of fused-ring (bicyclic) bond motifs is 1. The molecule has 3 heterocycles. The van der Waals surface area contributed by atoms with Gasteiger partial charge in [-0.1, -0.05) is 0 Å². The van der Waals surface area contributed by atoms with Crippen LogP contribution in [-0.4, -0.2) is 42.4 Å². The summed E-state index contributed by atoms with van der Waals surface area (Å²) in [6, 6.07) is 2.44. The maximum absolute atomic E-state index is 13.0. The highest BCUT2D eigenvalue weighted by molar-refractivity contribution is 5.93. The number of hydrogen-bond donors (Lipinski definition) is 0. The summed E-state index contributed by atoms with van der Waals surface area (Å²) in [7, 11) is 2.72. The van der Waals surface area contributed by atoms with E-state index in [0.717, 1.165) is 16.9 Å². The fraction of sp³-hybridized carbons (Fsp3) is 0.400. The number of amides is 1. The summed E-state index contributed by atoms with van der Waals surface area (Å²) < 4.78 is 80.2. The maximum atomic E-state index is 13.0. The Morgan fingerprint density at radius 2 is 1.79 bits per heavy atom. The van der Waals surface area contributed by atoms with Gasteiger partial charge >= 0.3 is 12.4 Å². The van der Waals surface area contributed by atoms with Gasteiger partial charge in [0.25, 0.3) is 5.91 Å². The lowest BCUT2D eigenvalue weighted by atomic mass is 9.92. The van der Waals surface area contributed by atoms with Gasteiger partial charge in [-0.05, 0) is 31.4 Å². The molecule has 33 heavy (non-hydrogen) atoms. The second-order valence-electron chi connectivity index (χ2n) is 7.73. The van der Waals surface area contributed by atoms with Crippen LogP contribution in [0.15, 0.2) is 30.6 Å². The van der Waals surface area contributed by atoms with Gasteiger partial charge in [0.1, 0.15) is 11.4 Å². The lowest BCUT2D eigenvalue weighted by Gasteiger charge is -2.30. The Bertz CT molecular complexity index is 1190. The first kappa shape index (κ1) is 22.8. The predicted octanol–water partition coefficient (Wildman–Crippen LogP) is 4.19. The third kappa shape index (κ3) is 4.31. The molecule has 0 saturated carbocycles. The number of halogens is 6. The molecule has 3 aromatic rings. The number of nitrogens with zero attached hydrogens (tertiary/aromatic N) is 6. The lowest BCUT2D eigenvalue weighted by molar-refractivity contribution is -0.142. The van der Waals surface area contributed by atoms with Gasteiger partial charge in [-0.25, -0.2) is 4.68 Å². The predicted molar refractivity (Wildman–Crippen MR) is 102 cm³/mol. The standard InChI is InChI=1S/C20H18F6N6O/c1-30(18(33)15-9-17(20(24,25)26)29-31(15)2)14-5-3-4-13-12(14)10-32(28-13)11-6-7-27-16(8-11)19(21,22)23/h6-10,14H,3-5H2,1-2H3. The molecular formula is C20H18F6N6O. The normalized spacial score (nSPS) is 16.5. The van der Waals surface area contributed by atoms with Crippen LogP contribution in [-0.2, 0) is 25.8 Å². The summed E-state index contributed by atoms with van der Waals surface area (Å²) in [6.45, 7) is 0. The molecule has 3 aromatic heterocycles. The molecule has 1 aliphatic carbocycles. The first-order chi connectivity index (χ1) is 15.4. The molecule has 0 saturated heterocycles. The van der Waals surface area contributed by atoms with Crippen LogP contribution in [0.5, 0.6) is 0 Å². The molecule has 0 aromatic carbocycles. The van der Waals surface area contributed by atoms with Gasteiger partial charge in [-0.15, -0.1) is 0 Å². The number of pyridine rings is 1. The van der Waals surface area contributed by atoms with Gasteiger partial charge in [0, 0.05) is 38.1 Å². The number of alkyl halides is 6. The number of aromatic nitrogens is 5. The van der Waals surface area contributed by atoms with Crippen molar-refractivity contribution in [3.8, 4) is 5.69 Å². The third-order valence-electron chi connectivity index (χ3n) is 5.55. The molecule has 1 aliphatic rings. The minimum Gasteiger partial charge on any atom is -0.333 e. The van der Waals surface area contributed by atoms with Gasteiger partial charge < -0.3 is 4.90 Å². The van der Waals surface area contributed by atoms with E-state index in [4.69, 9.17) is 0 Å². The molecule has 0 aliphatic heterocycles. The van der Waals surface area contributed by atoms with E-state index >= 15 is 0 Å². The number of aryl methyl sites for hydroxylation is 2. The zero-order valence-electron chi connectivity index (χ0n) is 17.4. The molecule has 0 bridgehead atoms. The summed E-state index contributed by atoms with van der Waals surface area (Å²) in [5, 5.41) is 7.76. The molecule has 4 rings (SSSR count). The van der Waals surface area contributed by atoms with Crippen molar-refractivity contribution >= 4 is 5.91 Å². The van der Waals surface area contributed by atoms with Gasteiger partial charge in [0.05, 0.1) is 17.4 Å². The van der Waals surface area contributed by atoms with E-state index in [9.17, 15) is 31.1 Å². The van der Waals surface area contributed by atoms with Crippen LogP contribution < -0.4 is 0 Å². The smallest absolute Gasteiger partial charge is 0.333 e. The third-order valence-corrected chi connectivity index (χ3v) is 5.55. The van der Waals surface area contributed by atoms with Crippen LogP contribution in [0.1, 0.15) is 52.0 Å². The highest BCUT2D eigenvalue weighted by Crippen LogP contribution is 2.36. The van der Waals surface area contributed by atoms with E-state index in [1.54, 1.807) is 6.20 Å². The monoisotopic (exact) mass is 472 g/mol. The van der Waals surface area contributed by atoms with Crippen LogP contribution >= 0.6 is 0 Å². The van der Waals surface area contributed by atoms with Gasteiger partial charge in [-0.3, -0.25) is 14.5 Å². The Kier molecular flexibility index (Phi) is 5.45. The highest BCUT2D eigenvalue weighted by Gasteiger charge is 2.37. The molecule has 1 atom stereocenters. The van der Waals surface area contributed by atoms with E-state index < -0.39 is 35.7 Å². The van der Waals surface area contributed by atoms with Crippen LogP contribution in [0.25, 0.3) is 5.69 Å². The number of carbonyl (C=O) groups is 1. The molecule has 1 amide bonds. The second-order valence-corrected chi connectivity index (χ2v) is 7.73. The Balaban J connectivity index is 1.65. The average Bonchev–Trinajstić information content (AvgIpc) is 3.35. The van der Waals surface area contributed by atoms with Crippen LogP contribution in [0, 0.1) is 0 Å². The molecule has 0 fully saturated rings. The first-order valence-corrected chi connectivity index (χ1v) is 9.86. The minimum atomic E-state index is -4.69. The fourth-order valence-corrected chi connectivity index (χ4v) is 3.89. The van der Waals surface area contributed by atoms with Crippen molar-refractivity contribution in [1.29, 1.82) is 0 Å². The molecule has 0 spiro atoms. The quantitative estimate of drug-likeness (QED) is 0.537. The number of carbonyl (C=O) groups excluding carboxylic acids is 1. The van der Waals surface area contributed by atoms with Crippen LogP contribution in [0.3, 0.4) is 0 Å². The summed E-state index contributed by atoms with van der Waals surface area (Å²) in [6.07, 6.45) is -4.99. The minimum absolute atomic E-state index is 0.154. The van der Waals surface area contributed by atoms with Crippen molar-refractivity contribution < 1.29 is 31.1 Å². The molecule has 0 radical (unpaired) electrons. The number of hydrogen-bond acceptors (Lipinski definition) is 4. The average molecular weight is 472 g/mol. The van der Waals surface area contributed by atoms with E-state index in [0.29, 0.717) is 36.6 Å². The van der Waals surface area contributed by atoms with E-state index in [-0.39, 0.29) is 11.4 Å². The Labute approximate surface area is 183 Å². The van der Waals surface area contributed by atoms with Crippen molar-refractivity contribution in [1.82, 2.24) is 29.4 Å². The van der Waals surface area contributed by atoms with Crippen LogP contribution in [0.4, 0.5) is 26.3 Å². The van der Waals surface area contributed by atoms with E-state index in [1.807, 2.05) is 0 Å². The SMILES string of the molecule is CN(C(=O)c1cc(C(F)(F)F)nn1C)C1CCCc2nn(-c3ccnc(C(F)(F)F)c3)cc21.